The Morgan fingerprint density at radius 2 is 2.15 bits per heavy atom. The molecule has 20 heavy (non-hydrogen) atoms. The number of likely N-dealkylation sites (tertiary alicyclic amines) is 1. The van der Waals surface area contributed by atoms with E-state index in [-0.39, 0.29) is 18.4 Å². The van der Waals surface area contributed by atoms with Crippen molar-refractivity contribution in [3.63, 3.8) is 0 Å². The van der Waals surface area contributed by atoms with Gasteiger partial charge in [0.1, 0.15) is 6.61 Å². The van der Waals surface area contributed by atoms with Crippen LogP contribution in [0.4, 0.5) is 0 Å². The van der Waals surface area contributed by atoms with Gasteiger partial charge in [0.05, 0.1) is 5.92 Å². The van der Waals surface area contributed by atoms with Crippen LogP contribution < -0.4 is 5.73 Å². The maximum absolute atomic E-state index is 11.3. The molecule has 1 aromatic rings. The van der Waals surface area contributed by atoms with E-state index in [4.69, 9.17) is 10.8 Å². The van der Waals surface area contributed by atoms with Gasteiger partial charge in [-0.2, -0.15) is 0 Å². The highest BCUT2D eigenvalue weighted by Crippen LogP contribution is 2.18. The molecule has 2 rings (SSSR count). The minimum absolute atomic E-state index is 0.0153. The summed E-state index contributed by atoms with van der Waals surface area (Å²) in [5.41, 5.74) is 7.49. The molecule has 1 heterocycles. The highest BCUT2D eigenvalue weighted by molar-refractivity contribution is 5.76. The molecule has 0 radical (unpaired) electrons. The first-order valence-electron chi connectivity index (χ1n) is 6.89. The van der Waals surface area contributed by atoms with Gasteiger partial charge >= 0.3 is 0 Å². The van der Waals surface area contributed by atoms with E-state index in [1.807, 2.05) is 24.3 Å². The number of aliphatic hydroxyl groups excluding tert-OH is 1. The number of hydrogen-bond donors (Lipinski definition) is 2. The number of carbonyl (C=O) groups excluding carboxylic acids is 1. The number of amides is 1. The van der Waals surface area contributed by atoms with E-state index in [1.54, 1.807) is 0 Å². The molecule has 1 unspecified atom stereocenters. The Bertz CT molecular complexity index is 514. The molecule has 0 aliphatic carbocycles. The Hall–Kier alpha value is -1.83. The quantitative estimate of drug-likeness (QED) is 0.797. The first kappa shape index (κ1) is 14.6. The lowest BCUT2D eigenvalue weighted by Gasteiger charge is -2.31. The average molecular weight is 272 g/mol. The summed E-state index contributed by atoms with van der Waals surface area (Å²) in [6, 6.07) is 7.98. The van der Waals surface area contributed by atoms with Crippen molar-refractivity contribution in [2.75, 3.05) is 19.7 Å². The molecule has 1 atom stereocenters. The summed E-state index contributed by atoms with van der Waals surface area (Å²) in [4.78, 5) is 13.5. The van der Waals surface area contributed by atoms with Crippen LogP contribution in [0.1, 0.15) is 24.0 Å². The van der Waals surface area contributed by atoms with Crippen LogP contribution in [0.25, 0.3) is 0 Å². The van der Waals surface area contributed by atoms with Gasteiger partial charge in [-0.1, -0.05) is 24.0 Å². The molecule has 0 aromatic heterocycles. The van der Waals surface area contributed by atoms with Crippen molar-refractivity contribution in [2.45, 2.75) is 19.4 Å². The fourth-order valence-corrected chi connectivity index (χ4v) is 2.52. The molecule has 1 aliphatic rings. The molecular weight excluding hydrogens is 252 g/mol. The third-order valence-electron chi connectivity index (χ3n) is 3.58. The standard InChI is InChI=1S/C16H20N2O2/c17-16(20)15-4-1-9-18(12-15)11-14-7-5-13(6-8-14)3-2-10-19/h5-8,15,19H,1,4,9-12H2,(H2,17,20). The van der Waals surface area contributed by atoms with Crippen LogP contribution >= 0.6 is 0 Å². The molecule has 1 aliphatic heterocycles. The molecule has 3 N–H and O–H groups in total. The summed E-state index contributed by atoms with van der Waals surface area (Å²) in [5.74, 6) is 5.29. The monoisotopic (exact) mass is 272 g/mol. The molecule has 0 bridgehead atoms. The topological polar surface area (TPSA) is 66.6 Å². The third-order valence-corrected chi connectivity index (χ3v) is 3.58. The van der Waals surface area contributed by atoms with Gasteiger partial charge in [-0.25, -0.2) is 0 Å². The van der Waals surface area contributed by atoms with E-state index in [0.717, 1.165) is 38.0 Å². The molecule has 106 valence electrons. The van der Waals surface area contributed by atoms with Gasteiger partial charge in [0.2, 0.25) is 5.91 Å². The predicted octanol–water partition coefficient (Wildman–Crippen LogP) is 0.728. The van der Waals surface area contributed by atoms with Gasteiger partial charge in [0.25, 0.3) is 0 Å². The first-order chi connectivity index (χ1) is 9.69. The van der Waals surface area contributed by atoms with Crippen molar-refractivity contribution in [3.05, 3.63) is 35.4 Å². The Balaban J connectivity index is 1.94. The van der Waals surface area contributed by atoms with Gasteiger partial charge < -0.3 is 10.8 Å². The Morgan fingerprint density at radius 3 is 2.80 bits per heavy atom. The second kappa shape index (κ2) is 7.09. The predicted molar refractivity (Wildman–Crippen MR) is 77.6 cm³/mol. The maximum atomic E-state index is 11.3. The fourth-order valence-electron chi connectivity index (χ4n) is 2.52. The second-order valence-electron chi connectivity index (χ2n) is 5.13. The van der Waals surface area contributed by atoms with Crippen LogP contribution in [0.5, 0.6) is 0 Å². The number of carbonyl (C=O) groups is 1. The van der Waals surface area contributed by atoms with E-state index in [9.17, 15) is 4.79 Å². The van der Waals surface area contributed by atoms with E-state index in [0.29, 0.717) is 0 Å². The molecule has 4 nitrogen and oxygen atoms in total. The lowest BCUT2D eigenvalue weighted by molar-refractivity contribution is -0.123. The molecule has 0 spiro atoms. The zero-order valence-corrected chi connectivity index (χ0v) is 11.5. The Kier molecular flexibility index (Phi) is 5.16. The fraction of sp³-hybridized carbons (Fsp3) is 0.438. The highest BCUT2D eigenvalue weighted by Gasteiger charge is 2.23. The summed E-state index contributed by atoms with van der Waals surface area (Å²) < 4.78 is 0. The summed E-state index contributed by atoms with van der Waals surface area (Å²) in [5, 5.41) is 8.65. The van der Waals surface area contributed by atoms with E-state index < -0.39 is 0 Å². The van der Waals surface area contributed by atoms with Crippen LogP contribution in [0.3, 0.4) is 0 Å². The summed E-state index contributed by atoms with van der Waals surface area (Å²) in [6.07, 6.45) is 1.93. The van der Waals surface area contributed by atoms with E-state index in [2.05, 4.69) is 16.7 Å². The van der Waals surface area contributed by atoms with Crippen LogP contribution in [-0.2, 0) is 11.3 Å². The van der Waals surface area contributed by atoms with E-state index >= 15 is 0 Å². The maximum Gasteiger partial charge on any atom is 0.221 e. The average Bonchev–Trinajstić information content (AvgIpc) is 2.47. The Morgan fingerprint density at radius 1 is 1.40 bits per heavy atom. The normalized spacial score (nSPS) is 19.1. The Labute approximate surface area is 119 Å². The smallest absolute Gasteiger partial charge is 0.221 e. The number of rotatable bonds is 3. The van der Waals surface area contributed by atoms with Crippen molar-refractivity contribution in [1.29, 1.82) is 0 Å². The molecule has 0 saturated carbocycles. The third kappa shape index (κ3) is 4.09. The van der Waals surface area contributed by atoms with Crippen LogP contribution in [0.2, 0.25) is 0 Å². The molecule has 1 amide bonds. The zero-order chi connectivity index (χ0) is 14.4. The number of nitrogens with two attached hydrogens (primary N) is 1. The first-order valence-corrected chi connectivity index (χ1v) is 6.89. The second-order valence-corrected chi connectivity index (χ2v) is 5.13. The van der Waals surface area contributed by atoms with Crippen LogP contribution in [0.15, 0.2) is 24.3 Å². The van der Waals surface area contributed by atoms with Crippen molar-refractivity contribution in [3.8, 4) is 11.8 Å². The van der Waals surface area contributed by atoms with Crippen molar-refractivity contribution in [2.24, 2.45) is 11.7 Å². The highest BCUT2D eigenvalue weighted by atomic mass is 16.2. The molecule has 1 saturated heterocycles. The van der Waals surface area contributed by atoms with Gasteiger partial charge in [0.15, 0.2) is 0 Å². The lowest BCUT2D eigenvalue weighted by atomic mass is 9.97. The van der Waals surface area contributed by atoms with Gasteiger partial charge in [0, 0.05) is 18.7 Å². The minimum atomic E-state index is -0.190. The van der Waals surface area contributed by atoms with E-state index in [1.165, 1.54) is 5.56 Å². The largest absolute Gasteiger partial charge is 0.384 e. The SMILES string of the molecule is NC(=O)C1CCCN(Cc2ccc(C#CCO)cc2)C1. The number of nitrogens with zero attached hydrogens (tertiary/aromatic N) is 1. The number of piperidine rings is 1. The molecular formula is C16H20N2O2. The van der Waals surface area contributed by atoms with Gasteiger partial charge in [-0.15, -0.1) is 0 Å². The summed E-state index contributed by atoms with van der Waals surface area (Å²) in [6.45, 7) is 2.47. The molecule has 1 aromatic carbocycles. The van der Waals surface area contributed by atoms with Gasteiger partial charge in [-0.05, 0) is 37.1 Å². The van der Waals surface area contributed by atoms with Crippen LogP contribution in [-0.4, -0.2) is 35.6 Å². The number of benzene rings is 1. The number of aliphatic hydroxyl groups is 1. The van der Waals surface area contributed by atoms with Crippen molar-refractivity contribution >= 4 is 5.91 Å². The van der Waals surface area contributed by atoms with Gasteiger partial charge in [-0.3, -0.25) is 9.69 Å². The van der Waals surface area contributed by atoms with Crippen molar-refractivity contribution < 1.29 is 9.90 Å². The minimum Gasteiger partial charge on any atom is -0.384 e. The summed E-state index contributed by atoms with van der Waals surface area (Å²) in [7, 11) is 0. The van der Waals surface area contributed by atoms with Crippen LogP contribution in [0, 0.1) is 17.8 Å². The summed E-state index contributed by atoms with van der Waals surface area (Å²) >= 11 is 0. The van der Waals surface area contributed by atoms with Crippen molar-refractivity contribution in [1.82, 2.24) is 4.90 Å². The zero-order valence-electron chi connectivity index (χ0n) is 11.5. The number of hydrogen-bond acceptors (Lipinski definition) is 3. The lowest BCUT2D eigenvalue weighted by Crippen LogP contribution is -2.40. The molecule has 1 fully saturated rings. The number of primary amides is 1. The molecule has 4 heteroatoms.